The van der Waals surface area contributed by atoms with Crippen molar-refractivity contribution >= 4 is 39.9 Å². The Balaban J connectivity index is 1.98. The van der Waals surface area contributed by atoms with Crippen LogP contribution in [0.1, 0.15) is 44.2 Å². The predicted octanol–water partition coefficient (Wildman–Crippen LogP) is 5.18. The van der Waals surface area contributed by atoms with Crippen molar-refractivity contribution in [2.24, 2.45) is 0 Å². The molecule has 0 amide bonds. The highest BCUT2D eigenvalue weighted by Gasteiger charge is 2.24. The van der Waals surface area contributed by atoms with Gasteiger partial charge in [0.2, 0.25) is 0 Å². The van der Waals surface area contributed by atoms with Crippen molar-refractivity contribution in [2.45, 2.75) is 26.2 Å². The number of rotatable bonds is 2. The molecule has 1 aromatic carbocycles. The summed E-state index contributed by atoms with van der Waals surface area (Å²) in [5.41, 5.74) is 4.06. The minimum Gasteiger partial charge on any atom is -0.478 e. The lowest BCUT2D eigenvalue weighted by Gasteiger charge is -2.21. The van der Waals surface area contributed by atoms with Crippen LogP contribution >= 0.6 is 11.3 Å². The molecule has 1 N–H and O–H groups in total. The van der Waals surface area contributed by atoms with Gasteiger partial charge in [-0.15, -0.1) is 11.3 Å². The van der Waals surface area contributed by atoms with Crippen molar-refractivity contribution in [1.82, 2.24) is 4.98 Å². The maximum absolute atomic E-state index is 11.9. The maximum Gasteiger partial charge on any atom is 0.336 e. The van der Waals surface area contributed by atoms with E-state index in [-0.39, 0.29) is 0 Å². The van der Waals surface area contributed by atoms with Gasteiger partial charge in [-0.3, -0.25) is 0 Å². The van der Waals surface area contributed by atoms with Gasteiger partial charge in [-0.05, 0) is 61.6 Å². The fourth-order valence-corrected chi connectivity index (χ4v) is 4.27. The Morgan fingerprint density at radius 2 is 2.04 bits per heavy atom. The zero-order chi connectivity index (χ0) is 16.7. The Kier molecular flexibility index (Phi) is 3.69. The Morgan fingerprint density at radius 3 is 2.79 bits per heavy atom. The van der Waals surface area contributed by atoms with Gasteiger partial charge < -0.3 is 5.11 Å². The first-order chi connectivity index (χ1) is 11.6. The fourth-order valence-electron chi connectivity index (χ4n) is 3.42. The Labute approximate surface area is 144 Å². The molecular weight excluding hydrogens is 318 g/mol. The average molecular weight is 335 g/mol. The molecule has 4 rings (SSSR count). The van der Waals surface area contributed by atoms with Crippen LogP contribution in [0, 0.1) is 6.92 Å². The number of fused-ring (bicyclic) bond motifs is 2. The van der Waals surface area contributed by atoms with Gasteiger partial charge in [0.25, 0.3) is 0 Å². The molecule has 2 heterocycles. The Morgan fingerprint density at radius 1 is 1.21 bits per heavy atom. The molecule has 1 aliphatic rings. The van der Waals surface area contributed by atoms with Crippen LogP contribution in [-0.4, -0.2) is 16.1 Å². The molecule has 0 bridgehead atoms. The van der Waals surface area contributed by atoms with E-state index >= 15 is 0 Å². The molecule has 4 heteroatoms. The zero-order valence-electron chi connectivity index (χ0n) is 13.4. The van der Waals surface area contributed by atoms with Gasteiger partial charge in [0.1, 0.15) is 0 Å². The lowest BCUT2D eigenvalue weighted by atomic mass is 9.86. The molecule has 1 aliphatic carbocycles. The van der Waals surface area contributed by atoms with Gasteiger partial charge in [0.15, 0.2) is 0 Å². The highest BCUT2D eigenvalue weighted by Crippen LogP contribution is 2.36. The molecule has 120 valence electrons. The molecule has 0 radical (unpaired) electrons. The van der Waals surface area contributed by atoms with Crippen LogP contribution in [0.3, 0.4) is 0 Å². The highest BCUT2D eigenvalue weighted by molar-refractivity contribution is 7.12. The van der Waals surface area contributed by atoms with Crippen molar-refractivity contribution < 1.29 is 9.90 Å². The number of carboxylic acids is 1. The molecule has 2 aromatic heterocycles. The van der Waals surface area contributed by atoms with E-state index in [4.69, 9.17) is 4.98 Å². The third-order valence-electron chi connectivity index (χ3n) is 4.46. The molecule has 0 fully saturated rings. The number of para-hydroxylation sites is 1. The summed E-state index contributed by atoms with van der Waals surface area (Å²) in [6, 6.07) is 11.7. The standard InChI is InChI=1S/C20H17NO2S/c1-12-9-10-14(24-12)11-13-5-4-7-16-18(20(22)23)15-6-2-3-8-17(15)21-19(13)16/h2-3,6,8-11H,4-5,7H2,1H3,(H,22,23)/b13-11+. The first-order valence-electron chi connectivity index (χ1n) is 8.06. The topological polar surface area (TPSA) is 50.2 Å². The molecule has 0 saturated heterocycles. The van der Waals surface area contributed by atoms with Crippen LogP contribution in [-0.2, 0) is 6.42 Å². The first kappa shape index (κ1) is 15.1. The first-order valence-corrected chi connectivity index (χ1v) is 8.87. The quantitative estimate of drug-likeness (QED) is 0.702. The molecule has 0 saturated carbocycles. The van der Waals surface area contributed by atoms with Gasteiger partial charge in [-0.2, -0.15) is 0 Å². The monoisotopic (exact) mass is 335 g/mol. The van der Waals surface area contributed by atoms with Crippen LogP contribution in [0.15, 0.2) is 36.4 Å². The van der Waals surface area contributed by atoms with Crippen LogP contribution in [0.5, 0.6) is 0 Å². The second-order valence-electron chi connectivity index (χ2n) is 6.11. The van der Waals surface area contributed by atoms with Crippen molar-refractivity contribution in [2.75, 3.05) is 0 Å². The molecule has 0 spiro atoms. The van der Waals surface area contributed by atoms with Gasteiger partial charge in [-0.25, -0.2) is 9.78 Å². The molecule has 0 unspecified atom stereocenters. The lowest BCUT2D eigenvalue weighted by molar-refractivity contribution is 0.0697. The van der Waals surface area contributed by atoms with Crippen molar-refractivity contribution in [3.63, 3.8) is 0 Å². The molecule has 0 aliphatic heterocycles. The molecule has 24 heavy (non-hydrogen) atoms. The normalized spacial score (nSPS) is 15.6. The van der Waals surface area contributed by atoms with Crippen molar-refractivity contribution in [3.05, 3.63) is 63.0 Å². The maximum atomic E-state index is 11.9. The number of aryl methyl sites for hydroxylation is 1. The minimum absolute atomic E-state index is 0.420. The number of aromatic nitrogens is 1. The molecule has 3 nitrogen and oxygen atoms in total. The van der Waals surface area contributed by atoms with Gasteiger partial charge in [-0.1, -0.05) is 18.2 Å². The van der Waals surface area contributed by atoms with Crippen LogP contribution in [0.2, 0.25) is 0 Å². The van der Waals surface area contributed by atoms with Crippen LogP contribution in [0.25, 0.3) is 22.6 Å². The lowest BCUT2D eigenvalue weighted by Crippen LogP contribution is -2.12. The number of benzene rings is 1. The molecule has 3 aromatic rings. The van der Waals surface area contributed by atoms with E-state index in [0.29, 0.717) is 5.56 Å². The van der Waals surface area contributed by atoms with E-state index in [1.54, 1.807) is 11.3 Å². The Hall–Kier alpha value is -2.46. The van der Waals surface area contributed by atoms with Crippen LogP contribution < -0.4 is 0 Å². The summed E-state index contributed by atoms with van der Waals surface area (Å²) < 4.78 is 0. The number of thiophene rings is 1. The summed E-state index contributed by atoms with van der Waals surface area (Å²) in [4.78, 5) is 19.2. The zero-order valence-corrected chi connectivity index (χ0v) is 14.2. The van der Waals surface area contributed by atoms with E-state index in [2.05, 4.69) is 25.1 Å². The summed E-state index contributed by atoms with van der Waals surface area (Å²) in [7, 11) is 0. The second kappa shape index (κ2) is 5.87. The van der Waals surface area contributed by atoms with E-state index in [1.807, 2.05) is 24.3 Å². The van der Waals surface area contributed by atoms with Gasteiger partial charge >= 0.3 is 5.97 Å². The fraction of sp³-hybridized carbons (Fsp3) is 0.200. The third-order valence-corrected chi connectivity index (χ3v) is 5.41. The average Bonchev–Trinajstić information content (AvgIpc) is 2.98. The van der Waals surface area contributed by atoms with E-state index < -0.39 is 5.97 Å². The summed E-state index contributed by atoms with van der Waals surface area (Å²) >= 11 is 1.75. The van der Waals surface area contributed by atoms with Gasteiger partial charge in [0.05, 0.1) is 16.8 Å². The van der Waals surface area contributed by atoms with Gasteiger partial charge in [0, 0.05) is 15.1 Å². The molecular formula is C20H17NO2S. The second-order valence-corrected chi connectivity index (χ2v) is 7.43. The highest BCUT2D eigenvalue weighted by atomic mass is 32.1. The largest absolute Gasteiger partial charge is 0.478 e. The number of carboxylic acid groups (broad SMARTS) is 1. The number of nitrogens with zero attached hydrogens (tertiary/aromatic N) is 1. The predicted molar refractivity (Wildman–Crippen MR) is 98.6 cm³/mol. The minimum atomic E-state index is -0.863. The number of carbonyl (C=O) groups is 1. The van der Waals surface area contributed by atoms with Crippen molar-refractivity contribution in [1.29, 1.82) is 0 Å². The number of hydrogen-bond donors (Lipinski definition) is 1. The summed E-state index contributed by atoms with van der Waals surface area (Å²) in [5.74, 6) is -0.863. The summed E-state index contributed by atoms with van der Waals surface area (Å²) in [6.45, 7) is 2.09. The number of pyridine rings is 1. The number of aromatic carboxylic acids is 1. The summed E-state index contributed by atoms with van der Waals surface area (Å²) in [5, 5.41) is 10.5. The van der Waals surface area contributed by atoms with E-state index in [1.165, 1.54) is 9.75 Å². The van der Waals surface area contributed by atoms with Crippen LogP contribution in [0.4, 0.5) is 0 Å². The van der Waals surface area contributed by atoms with E-state index in [9.17, 15) is 9.90 Å². The smallest absolute Gasteiger partial charge is 0.336 e. The van der Waals surface area contributed by atoms with Crippen molar-refractivity contribution in [3.8, 4) is 0 Å². The van der Waals surface area contributed by atoms with E-state index in [0.717, 1.165) is 47.0 Å². The third kappa shape index (κ3) is 2.53. The Bertz CT molecular complexity index is 984. The number of hydrogen-bond acceptors (Lipinski definition) is 3. The SMILES string of the molecule is Cc1ccc(/C=C2\CCCc3c2nc2ccccc2c3C(=O)O)s1. The summed E-state index contributed by atoms with van der Waals surface area (Å²) in [6.07, 6.45) is 4.84. The molecule has 0 atom stereocenters. The number of allylic oxidation sites excluding steroid dienone is 1.